The molecule has 0 aromatic heterocycles. The molecule has 2 aromatic rings. The number of methoxy groups -OCH3 is 2. The summed E-state index contributed by atoms with van der Waals surface area (Å²) in [6.45, 7) is 10.9. The summed E-state index contributed by atoms with van der Waals surface area (Å²) in [5.41, 5.74) is 3.21. The Labute approximate surface area is 280 Å². The number of piperidine rings is 2. The van der Waals surface area contributed by atoms with Crippen LogP contribution in [0.5, 0.6) is 5.75 Å². The summed E-state index contributed by atoms with van der Waals surface area (Å²) in [6.07, 6.45) is 5.39. The van der Waals surface area contributed by atoms with Gasteiger partial charge in [-0.05, 0) is 99.9 Å². The van der Waals surface area contributed by atoms with E-state index in [0.717, 1.165) is 49.9 Å². The fraction of sp³-hybridized carbons (Fsp3) is 0.611. The number of nitrogens with one attached hydrogen (secondary N) is 1. The molecule has 0 saturated carbocycles. The molecule has 2 aliphatic rings. The maximum Gasteiger partial charge on any atom is 0.253 e. The molecule has 0 unspecified atom stereocenters. The van der Waals surface area contributed by atoms with Gasteiger partial charge in [0, 0.05) is 82.3 Å². The Morgan fingerprint density at radius 2 is 1.78 bits per heavy atom. The second kappa shape index (κ2) is 18.6. The number of nitrogens with zero attached hydrogens (tertiary/aromatic N) is 2. The van der Waals surface area contributed by atoms with Gasteiger partial charge in [-0.1, -0.05) is 6.92 Å². The van der Waals surface area contributed by atoms with Gasteiger partial charge >= 0.3 is 0 Å². The standard InChI is InChI=1S/C36H52FN3O5.ClH/c1-6-27-19-32(31-20-28(10-11-33(31)37)36(42)39-15-12-26(13-16-39)24-44-5)34(45-18-8-17-43-4)21-29(27)22-35(41)40(25(2)3)30-9-7-14-38-23-30;/h10-11,19-21,25-26,30,38H,6-9,12-18,22-24H2,1-5H3;1H/t30-;/m1./s1. The number of hydrogen-bond donors (Lipinski definition) is 1. The lowest BCUT2D eigenvalue weighted by Crippen LogP contribution is -2.52. The molecule has 0 aliphatic carbocycles. The zero-order valence-electron chi connectivity index (χ0n) is 28.2. The van der Waals surface area contributed by atoms with Crippen LogP contribution in [0.4, 0.5) is 4.39 Å². The third kappa shape index (κ3) is 9.66. The van der Waals surface area contributed by atoms with E-state index in [0.29, 0.717) is 74.1 Å². The Kier molecular flexibility index (Phi) is 15.2. The van der Waals surface area contributed by atoms with Crippen LogP contribution in [0.15, 0.2) is 30.3 Å². The minimum atomic E-state index is -0.422. The summed E-state index contributed by atoms with van der Waals surface area (Å²) < 4.78 is 32.4. The molecule has 2 amide bonds. The van der Waals surface area contributed by atoms with Crippen molar-refractivity contribution in [3.05, 3.63) is 52.8 Å². The number of hydrogen-bond acceptors (Lipinski definition) is 6. The predicted octanol–water partition coefficient (Wildman–Crippen LogP) is 5.92. The van der Waals surface area contributed by atoms with Crippen molar-refractivity contribution in [3.8, 4) is 16.9 Å². The average molecular weight is 662 g/mol. The molecule has 2 fully saturated rings. The van der Waals surface area contributed by atoms with Gasteiger partial charge in [0.1, 0.15) is 11.6 Å². The highest BCUT2D eigenvalue weighted by molar-refractivity contribution is 5.96. The zero-order valence-corrected chi connectivity index (χ0v) is 29.1. The normalized spacial score (nSPS) is 17.1. The maximum atomic E-state index is 15.6. The van der Waals surface area contributed by atoms with Crippen molar-refractivity contribution in [2.75, 3.05) is 60.2 Å². The first kappa shape index (κ1) is 37.7. The van der Waals surface area contributed by atoms with Crippen LogP contribution in [0.2, 0.25) is 0 Å². The van der Waals surface area contributed by atoms with Crippen LogP contribution in [0.3, 0.4) is 0 Å². The molecule has 2 heterocycles. The Bertz CT molecular complexity index is 1280. The van der Waals surface area contributed by atoms with E-state index >= 15 is 4.39 Å². The quantitative estimate of drug-likeness (QED) is 0.253. The fourth-order valence-corrected chi connectivity index (χ4v) is 6.70. The second-order valence-corrected chi connectivity index (χ2v) is 12.6. The zero-order chi connectivity index (χ0) is 32.3. The van der Waals surface area contributed by atoms with E-state index in [1.807, 2.05) is 28.9 Å². The number of carbonyl (C=O) groups excluding carboxylic acids is 2. The highest BCUT2D eigenvalue weighted by atomic mass is 35.5. The molecule has 2 aliphatic heterocycles. The maximum absolute atomic E-state index is 15.6. The summed E-state index contributed by atoms with van der Waals surface area (Å²) in [5.74, 6) is 0.516. The number of aryl methyl sites for hydroxylation is 1. The number of rotatable bonds is 14. The van der Waals surface area contributed by atoms with E-state index in [9.17, 15) is 9.59 Å². The van der Waals surface area contributed by atoms with Crippen molar-refractivity contribution < 1.29 is 28.2 Å². The summed E-state index contributed by atoms with van der Waals surface area (Å²) in [5, 5.41) is 3.43. The Morgan fingerprint density at radius 3 is 2.41 bits per heavy atom. The van der Waals surface area contributed by atoms with E-state index in [1.165, 1.54) is 6.07 Å². The first-order chi connectivity index (χ1) is 21.8. The number of halogens is 2. The van der Waals surface area contributed by atoms with Gasteiger partial charge in [0.2, 0.25) is 5.91 Å². The predicted molar refractivity (Wildman–Crippen MR) is 183 cm³/mol. The van der Waals surface area contributed by atoms with Crippen LogP contribution in [0.1, 0.15) is 74.4 Å². The van der Waals surface area contributed by atoms with Gasteiger partial charge in [-0.25, -0.2) is 4.39 Å². The summed E-state index contributed by atoms with van der Waals surface area (Å²) in [7, 11) is 3.35. The molecule has 2 saturated heterocycles. The molecule has 1 N–H and O–H groups in total. The fourth-order valence-electron chi connectivity index (χ4n) is 6.70. The number of amides is 2. The molecule has 2 aromatic carbocycles. The monoisotopic (exact) mass is 661 g/mol. The van der Waals surface area contributed by atoms with Gasteiger partial charge < -0.3 is 29.3 Å². The van der Waals surface area contributed by atoms with Gasteiger partial charge in [0.15, 0.2) is 0 Å². The summed E-state index contributed by atoms with van der Waals surface area (Å²) in [6, 6.07) is 8.69. The summed E-state index contributed by atoms with van der Waals surface area (Å²) >= 11 is 0. The molecule has 0 spiro atoms. The lowest BCUT2D eigenvalue weighted by Gasteiger charge is -2.38. The van der Waals surface area contributed by atoms with Crippen molar-refractivity contribution in [1.82, 2.24) is 15.1 Å². The summed E-state index contributed by atoms with van der Waals surface area (Å²) in [4.78, 5) is 31.2. The molecular weight excluding hydrogens is 609 g/mol. The largest absolute Gasteiger partial charge is 0.493 e. The topological polar surface area (TPSA) is 80.3 Å². The average Bonchev–Trinajstić information content (AvgIpc) is 3.04. The first-order valence-electron chi connectivity index (χ1n) is 16.6. The highest BCUT2D eigenvalue weighted by Crippen LogP contribution is 2.37. The van der Waals surface area contributed by atoms with Crippen molar-refractivity contribution in [3.63, 3.8) is 0 Å². The molecule has 4 rings (SSSR count). The first-order valence-corrected chi connectivity index (χ1v) is 16.6. The molecule has 1 atom stereocenters. The van der Waals surface area contributed by atoms with Crippen LogP contribution in [-0.4, -0.2) is 93.9 Å². The van der Waals surface area contributed by atoms with E-state index in [2.05, 4.69) is 19.2 Å². The molecule has 256 valence electrons. The smallest absolute Gasteiger partial charge is 0.253 e. The number of benzene rings is 2. The van der Waals surface area contributed by atoms with Crippen LogP contribution in [0, 0.1) is 11.7 Å². The van der Waals surface area contributed by atoms with Crippen LogP contribution in [0.25, 0.3) is 11.1 Å². The van der Waals surface area contributed by atoms with Crippen molar-refractivity contribution in [2.24, 2.45) is 5.92 Å². The number of ether oxygens (including phenoxy) is 3. The third-order valence-electron chi connectivity index (χ3n) is 9.09. The van der Waals surface area contributed by atoms with E-state index in [-0.39, 0.29) is 42.7 Å². The second-order valence-electron chi connectivity index (χ2n) is 12.6. The van der Waals surface area contributed by atoms with Crippen molar-refractivity contribution in [1.29, 1.82) is 0 Å². The van der Waals surface area contributed by atoms with Crippen LogP contribution >= 0.6 is 12.4 Å². The molecular formula is C36H53ClFN3O5. The molecule has 10 heteroatoms. The van der Waals surface area contributed by atoms with E-state index in [4.69, 9.17) is 14.2 Å². The van der Waals surface area contributed by atoms with E-state index < -0.39 is 5.82 Å². The minimum Gasteiger partial charge on any atom is -0.493 e. The molecule has 0 bridgehead atoms. The lowest BCUT2D eigenvalue weighted by atomic mass is 9.92. The van der Waals surface area contributed by atoms with Crippen LogP contribution < -0.4 is 10.1 Å². The number of carbonyl (C=O) groups is 2. The van der Waals surface area contributed by atoms with E-state index in [1.54, 1.807) is 26.4 Å². The minimum absolute atomic E-state index is 0. The molecule has 46 heavy (non-hydrogen) atoms. The third-order valence-corrected chi connectivity index (χ3v) is 9.09. The van der Waals surface area contributed by atoms with Crippen molar-refractivity contribution in [2.45, 2.75) is 77.8 Å². The van der Waals surface area contributed by atoms with Crippen LogP contribution in [-0.2, 0) is 27.1 Å². The van der Waals surface area contributed by atoms with Gasteiger partial charge in [-0.3, -0.25) is 9.59 Å². The Hall–Kier alpha value is -2.72. The SMILES string of the molecule is CCc1cc(-c2cc(C(=O)N3CCC(COC)CC3)ccc2F)c(OCCCOC)cc1CC(=O)N(C(C)C)[C@@H]1CCCNC1.Cl. The van der Waals surface area contributed by atoms with Crippen molar-refractivity contribution >= 4 is 24.2 Å². The highest BCUT2D eigenvalue weighted by Gasteiger charge is 2.29. The lowest BCUT2D eigenvalue weighted by molar-refractivity contribution is -0.135. The Balaban J connectivity index is 0.00000576. The van der Waals surface area contributed by atoms with Gasteiger partial charge in [-0.2, -0.15) is 0 Å². The van der Waals surface area contributed by atoms with Gasteiger partial charge in [0.25, 0.3) is 5.91 Å². The van der Waals surface area contributed by atoms with Gasteiger partial charge in [0.05, 0.1) is 13.0 Å². The number of likely N-dealkylation sites (tertiary alicyclic amines) is 1. The Morgan fingerprint density at radius 1 is 1.02 bits per heavy atom. The molecule has 0 radical (unpaired) electrons. The van der Waals surface area contributed by atoms with Gasteiger partial charge in [-0.15, -0.1) is 12.4 Å². The molecule has 8 nitrogen and oxygen atoms in total.